The highest BCUT2D eigenvalue weighted by atomic mass is 35.5. The molecule has 0 fully saturated rings. The molecule has 0 amide bonds. The van der Waals surface area contributed by atoms with Crippen molar-refractivity contribution in [1.82, 2.24) is 14.9 Å². The molecule has 1 aliphatic rings. The van der Waals surface area contributed by atoms with Crippen LogP contribution >= 0.6 is 11.6 Å². The zero-order valence-corrected chi connectivity index (χ0v) is 14.8. The summed E-state index contributed by atoms with van der Waals surface area (Å²) in [5.41, 5.74) is 3.20. The Morgan fingerprint density at radius 1 is 1.19 bits per heavy atom. The number of nitrogens with one attached hydrogen (secondary N) is 1. The second kappa shape index (κ2) is 7.02. The van der Waals surface area contributed by atoms with Crippen molar-refractivity contribution in [3.63, 3.8) is 0 Å². The van der Waals surface area contributed by atoms with Crippen LogP contribution in [0.5, 0.6) is 0 Å². The van der Waals surface area contributed by atoms with Gasteiger partial charge in [0.25, 0.3) is 5.56 Å². The number of hydrogen-bond donors (Lipinski definition) is 1. The van der Waals surface area contributed by atoms with Crippen LogP contribution in [0.4, 0.5) is 4.39 Å². The molecule has 4 nitrogen and oxygen atoms in total. The Kier molecular flexibility index (Phi) is 4.57. The van der Waals surface area contributed by atoms with Gasteiger partial charge in [0.1, 0.15) is 11.6 Å². The third-order valence-electron chi connectivity index (χ3n) is 4.61. The highest BCUT2D eigenvalue weighted by Gasteiger charge is 2.22. The van der Waals surface area contributed by atoms with Crippen molar-refractivity contribution in [2.75, 3.05) is 6.54 Å². The molecular weight excluding hydrogens is 353 g/mol. The van der Waals surface area contributed by atoms with Crippen LogP contribution < -0.4 is 5.56 Å². The molecule has 6 heteroatoms. The van der Waals surface area contributed by atoms with E-state index < -0.39 is 0 Å². The molecule has 0 spiro atoms. The smallest absolute Gasteiger partial charge is 0.254 e. The van der Waals surface area contributed by atoms with Crippen LogP contribution in [0.3, 0.4) is 0 Å². The van der Waals surface area contributed by atoms with E-state index in [4.69, 9.17) is 11.6 Å². The fraction of sp³-hybridized carbons (Fsp3) is 0.200. The molecule has 2 aromatic carbocycles. The van der Waals surface area contributed by atoms with Crippen molar-refractivity contribution in [1.29, 1.82) is 0 Å². The highest BCUT2D eigenvalue weighted by molar-refractivity contribution is 6.31. The summed E-state index contributed by atoms with van der Waals surface area (Å²) in [5, 5.41) is 0.416. The molecule has 0 bridgehead atoms. The van der Waals surface area contributed by atoms with Gasteiger partial charge in [0.15, 0.2) is 0 Å². The Bertz CT molecular complexity index is 1000. The van der Waals surface area contributed by atoms with E-state index in [9.17, 15) is 9.18 Å². The summed E-state index contributed by atoms with van der Waals surface area (Å²) in [4.78, 5) is 22.2. The molecule has 0 saturated carbocycles. The standard InChI is InChI=1S/C20H17ClFN3O/c21-17-10-15(22)7-6-14(17)11-25-9-8-16-18(12-25)23-19(24-20(16)26)13-4-2-1-3-5-13/h1-7,10H,8-9,11-12H2,(H,23,24,26). The lowest BCUT2D eigenvalue weighted by atomic mass is 10.0. The van der Waals surface area contributed by atoms with Gasteiger partial charge in [-0.05, 0) is 24.1 Å². The van der Waals surface area contributed by atoms with Crippen molar-refractivity contribution < 1.29 is 4.39 Å². The van der Waals surface area contributed by atoms with Crippen molar-refractivity contribution >= 4 is 11.6 Å². The van der Waals surface area contributed by atoms with Gasteiger partial charge in [-0.3, -0.25) is 9.69 Å². The van der Waals surface area contributed by atoms with Gasteiger partial charge < -0.3 is 4.98 Å². The van der Waals surface area contributed by atoms with E-state index >= 15 is 0 Å². The zero-order valence-electron chi connectivity index (χ0n) is 14.0. The topological polar surface area (TPSA) is 49.0 Å². The van der Waals surface area contributed by atoms with Gasteiger partial charge >= 0.3 is 0 Å². The normalized spacial score (nSPS) is 14.2. The monoisotopic (exact) mass is 369 g/mol. The van der Waals surface area contributed by atoms with Crippen LogP contribution in [-0.2, 0) is 19.5 Å². The maximum atomic E-state index is 13.2. The fourth-order valence-electron chi connectivity index (χ4n) is 3.25. The lowest BCUT2D eigenvalue weighted by Crippen LogP contribution is -2.35. The first-order chi connectivity index (χ1) is 12.6. The average molecular weight is 370 g/mol. The zero-order chi connectivity index (χ0) is 18.1. The van der Waals surface area contributed by atoms with Gasteiger partial charge in [-0.15, -0.1) is 0 Å². The van der Waals surface area contributed by atoms with Crippen molar-refractivity contribution in [2.45, 2.75) is 19.5 Å². The van der Waals surface area contributed by atoms with Crippen LogP contribution in [0.1, 0.15) is 16.8 Å². The van der Waals surface area contributed by atoms with E-state index in [1.165, 1.54) is 12.1 Å². The minimum Gasteiger partial charge on any atom is -0.306 e. The summed E-state index contributed by atoms with van der Waals surface area (Å²) in [5.74, 6) is 0.236. The summed E-state index contributed by atoms with van der Waals surface area (Å²) < 4.78 is 13.2. The maximum Gasteiger partial charge on any atom is 0.254 e. The molecule has 132 valence electrons. The Morgan fingerprint density at radius 2 is 2.00 bits per heavy atom. The maximum absolute atomic E-state index is 13.2. The minimum absolute atomic E-state index is 0.0756. The van der Waals surface area contributed by atoms with Crippen molar-refractivity contribution in [3.05, 3.63) is 86.5 Å². The van der Waals surface area contributed by atoms with E-state index in [-0.39, 0.29) is 11.4 Å². The number of fused-ring (bicyclic) bond motifs is 1. The number of aromatic amines is 1. The third-order valence-corrected chi connectivity index (χ3v) is 4.96. The Labute approximate surface area is 155 Å². The largest absolute Gasteiger partial charge is 0.306 e. The SMILES string of the molecule is O=c1[nH]c(-c2ccccc2)nc2c1CCN(Cc1ccc(F)cc1Cl)C2. The van der Waals surface area contributed by atoms with Gasteiger partial charge in [-0.25, -0.2) is 9.37 Å². The van der Waals surface area contributed by atoms with Gasteiger partial charge in [-0.2, -0.15) is 0 Å². The summed E-state index contributed by atoms with van der Waals surface area (Å²) in [6, 6.07) is 14.0. The van der Waals surface area contributed by atoms with Gasteiger partial charge in [0, 0.05) is 35.8 Å². The summed E-state index contributed by atoms with van der Waals surface area (Å²) >= 11 is 6.14. The van der Waals surface area contributed by atoms with Gasteiger partial charge in [-0.1, -0.05) is 48.0 Å². The van der Waals surface area contributed by atoms with Crippen LogP contribution in [-0.4, -0.2) is 21.4 Å². The van der Waals surface area contributed by atoms with Crippen LogP contribution in [0, 0.1) is 5.82 Å². The number of H-pyrrole nitrogens is 1. The summed E-state index contributed by atoms with van der Waals surface area (Å²) in [6.45, 7) is 1.89. The fourth-order valence-corrected chi connectivity index (χ4v) is 3.48. The first-order valence-corrected chi connectivity index (χ1v) is 8.82. The molecule has 2 heterocycles. The molecule has 3 aromatic rings. The molecule has 1 aliphatic heterocycles. The first-order valence-electron chi connectivity index (χ1n) is 8.44. The number of rotatable bonds is 3. The second-order valence-electron chi connectivity index (χ2n) is 6.40. The quantitative estimate of drug-likeness (QED) is 0.764. The molecule has 1 aromatic heterocycles. The van der Waals surface area contributed by atoms with Crippen LogP contribution in [0.15, 0.2) is 53.3 Å². The first kappa shape index (κ1) is 16.9. The molecule has 0 unspecified atom stereocenters. The predicted octanol–water partition coefficient (Wildman–Crippen LogP) is 3.79. The van der Waals surface area contributed by atoms with Crippen LogP contribution in [0.2, 0.25) is 5.02 Å². The number of benzene rings is 2. The molecule has 4 rings (SSSR count). The summed E-state index contributed by atoms with van der Waals surface area (Å²) in [7, 11) is 0. The van der Waals surface area contributed by atoms with E-state index in [1.807, 2.05) is 30.3 Å². The van der Waals surface area contributed by atoms with Crippen molar-refractivity contribution in [3.8, 4) is 11.4 Å². The highest BCUT2D eigenvalue weighted by Crippen LogP contribution is 2.23. The Hall–Kier alpha value is -2.50. The van der Waals surface area contributed by atoms with E-state index in [1.54, 1.807) is 6.07 Å². The van der Waals surface area contributed by atoms with E-state index in [2.05, 4.69) is 14.9 Å². The second-order valence-corrected chi connectivity index (χ2v) is 6.81. The van der Waals surface area contributed by atoms with Gasteiger partial charge in [0.2, 0.25) is 0 Å². The van der Waals surface area contributed by atoms with Gasteiger partial charge in [0.05, 0.1) is 5.69 Å². The molecule has 0 atom stereocenters. The molecule has 0 aliphatic carbocycles. The Balaban J connectivity index is 1.61. The lowest BCUT2D eigenvalue weighted by Gasteiger charge is -2.28. The Morgan fingerprint density at radius 3 is 2.77 bits per heavy atom. The number of aromatic nitrogens is 2. The average Bonchev–Trinajstić information content (AvgIpc) is 2.64. The van der Waals surface area contributed by atoms with Crippen LogP contribution in [0.25, 0.3) is 11.4 Å². The molecule has 0 saturated heterocycles. The number of nitrogens with zero attached hydrogens (tertiary/aromatic N) is 2. The van der Waals surface area contributed by atoms with Crippen molar-refractivity contribution in [2.24, 2.45) is 0 Å². The molecule has 0 radical (unpaired) electrons. The lowest BCUT2D eigenvalue weighted by molar-refractivity contribution is 0.240. The van der Waals surface area contributed by atoms with E-state index in [0.717, 1.165) is 28.9 Å². The number of hydrogen-bond acceptors (Lipinski definition) is 3. The minimum atomic E-state index is -0.344. The molecule has 26 heavy (non-hydrogen) atoms. The predicted molar refractivity (Wildman–Crippen MR) is 99.5 cm³/mol. The third kappa shape index (κ3) is 3.41. The number of halogens is 2. The molecular formula is C20H17ClFN3O. The molecule has 1 N–H and O–H groups in total. The van der Waals surface area contributed by atoms with E-state index in [0.29, 0.717) is 30.4 Å². The summed E-state index contributed by atoms with van der Waals surface area (Å²) in [6.07, 6.45) is 0.631.